The number of hydrogen-bond donors (Lipinski definition) is 3. The average Bonchev–Trinajstić information content (AvgIpc) is 4.11. The topological polar surface area (TPSA) is 157 Å². The summed E-state index contributed by atoms with van der Waals surface area (Å²) in [6.45, 7) is 7.46. The largest absolute Gasteiger partial charge is 0.372 e. The second-order valence-electron chi connectivity index (χ2n) is 18.9. The second kappa shape index (κ2) is 19.2. The highest BCUT2D eigenvalue weighted by molar-refractivity contribution is 6.03. The van der Waals surface area contributed by atoms with Gasteiger partial charge < -0.3 is 30.1 Å². The molecule has 4 fully saturated rings. The Kier molecular flexibility index (Phi) is 12.7. The number of hydrogen-bond acceptors (Lipinski definition) is 8. The summed E-state index contributed by atoms with van der Waals surface area (Å²) < 4.78 is 22.0. The molecule has 3 aromatic carbocycles. The van der Waals surface area contributed by atoms with Crippen LogP contribution >= 0.6 is 0 Å². The van der Waals surface area contributed by atoms with Gasteiger partial charge in [0.05, 0.1) is 22.6 Å². The lowest BCUT2D eigenvalue weighted by atomic mass is 9.87. The fraction of sp³-hybridized carbons (Fsp3) is 0.471. The highest BCUT2D eigenvalue weighted by atomic mass is 19.1. The van der Waals surface area contributed by atoms with Gasteiger partial charge >= 0.3 is 5.69 Å². The van der Waals surface area contributed by atoms with Crippen LogP contribution in [-0.4, -0.2) is 127 Å². The minimum atomic E-state index is -1.11. The van der Waals surface area contributed by atoms with Crippen molar-refractivity contribution >= 4 is 45.3 Å². The number of H-pyrrole nitrogens is 1. The zero-order valence-electron chi connectivity index (χ0n) is 38.3. The monoisotopic (exact) mass is 912 g/mol. The van der Waals surface area contributed by atoms with E-state index in [1.165, 1.54) is 0 Å². The van der Waals surface area contributed by atoms with E-state index in [-0.39, 0.29) is 41.6 Å². The molecule has 0 aliphatic carbocycles. The van der Waals surface area contributed by atoms with Crippen LogP contribution in [0.4, 0.5) is 10.1 Å². The summed E-state index contributed by atoms with van der Waals surface area (Å²) in [6, 6.07) is 19.6. The van der Waals surface area contributed by atoms with E-state index in [0.717, 1.165) is 111 Å². The molecule has 3 aromatic heterocycles. The van der Waals surface area contributed by atoms with Crippen molar-refractivity contribution in [3.8, 4) is 11.1 Å². The number of nitrogens with one attached hydrogen (secondary N) is 2. The van der Waals surface area contributed by atoms with Crippen molar-refractivity contribution in [3.63, 3.8) is 0 Å². The summed E-state index contributed by atoms with van der Waals surface area (Å²) in [7, 11) is 1.78. The number of benzene rings is 3. The van der Waals surface area contributed by atoms with Crippen LogP contribution in [0, 0.1) is 5.82 Å². The number of aliphatic hydroxyl groups is 1. The zero-order valence-corrected chi connectivity index (χ0v) is 38.3. The van der Waals surface area contributed by atoms with Crippen LogP contribution in [0.15, 0.2) is 77.9 Å². The molecule has 0 saturated carbocycles. The Balaban J connectivity index is 0.824. The first kappa shape index (κ1) is 44.6. The summed E-state index contributed by atoms with van der Waals surface area (Å²) in [5.74, 6) is -0.809. The molecular weight excluding hydrogens is 852 g/mol. The van der Waals surface area contributed by atoms with Gasteiger partial charge in [0, 0.05) is 108 Å². The third kappa shape index (κ3) is 9.00. The van der Waals surface area contributed by atoms with E-state index in [2.05, 4.69) is 55.5 Å². The Labute approximate surface area is 389 Å². The smallest absolute Gasteiger partial charge is 0.329 e. The van der Waals surface area contributed by atoms with Gasteiger partial charge in [-0.05, 0) is 117 Å². The van der Waals surface area contributed by atoms with Crippen molar-refractivity contribution in [3.05, 3.63) is 106 Å². The second-order valence-corrected chi connectivity index (χ2v) is 18.9. The van der Waals surface area contributed by atoms with E-state index < -0.39 is 12.3 Å². The molecule has 0 spiro atoms. The normalized spacial score (nSPS) is 20.8. The third-order valence-electron chi connectivity index (χ3n) is 14.8. The molecular formula is C51H61FN10O5. The van der Waals surface area contributed by atoms with E-state index in [1.807, 2.05) is 46.3 Å². The average molecular weight is 913 g/mol. The molecule has 10 rings (SSSR count). The van der Waals surface area contributed by atoms with Crippen LogP contribution in [0.3, 0.4) is 0 Å². The number of aromatic amines is 1. The number of aromatic nitrogens is 5. The van der Waals surface area contributed by atoms with Gasteiger partial charge in [-0.3, -0.25) is 33.1 Å². The van der Waals surface area contributed by atoms with Crippen LogP contribution in [0.2, 0.25) is 0 Å². The molecule has 2 unspecified atom stereocenters. The van der Waals surface area contributed by atoms with Crippen LogP contribution in [-0.2, 0) is 29.6 Å². The summed E-state index contributed by atoms with van der Waals surface area (Å²) in [4.78, 5) is 64.3. The minimum absolute atomic E-state index is 0.0402. The van der Waals surface area contributed by atoms with E-state index in [9.17, 15) is 24.3 Å². The zero-order chi connectivity index (χ0) is 46.2. The van der Waals surface area contributed by atoms with Gasteiger partial charge in [-0.2, -0.15) is 5.10 Å². The number of likely N-dealkylation sites (tertiary alicyclic amines) is 2. The minimum Gasteiger partial charge on any atom is -0.372 e. The molecule has 3 atom stereocenters. The maximum Gasteiger partial charge on any atom is 0.329 e. The van der Waals surface area contributed by atoms with Crippen molar-refractivity contribution in [2.45, 2.75) is 88.9 Å². The molecule has 352 valence electrons. The fourth-order valence-corrected chi connectivity index (χ4v) is 11.1. The quantitative estimate of drug-likeness (QED) is 0.140. The lowest BCUT2D eigenvalue weighted by molar-refractivity contribution is -0.132. The molecule has 6 aromatic rings. The molecule has 7 heterocycles. The Hall–Kier alpha value is -6.26. The number of anilines is 1. The van der Waals surface area contributed by atoms with Gasteiger partial charge in [0.1, 0.15) is 11.9 Å². The van der Waals surface area contributed by atoms with Crippen molar-refractivity contribution in [2.24, 2.45) is 7.05 Å². The number of carbonyl (C=O) groups excluding carboxylic acids is 3. The number of aryl methyl sites for hydroxylation is 3. The van der Waals surface area contributed by atoms with Crippen molar-refractivity contribution in [1.29, 1.82) is 0 Å². The number of halogens is 1. The molecule has 15 nitrogen and oxygen atoms in total. The number of rotatable bonds is 12. The molecule has 4 saturated heterocycles. The first-order valence-electron chi connectivity index (χ1n) is 24.2. The van der Waals surface area contributed by atoms with Gasteiger partial charge in [0.25, 0.3) is 5.91 Å². The van der Waals surface area contributed by atoms with Crippen LogP contribution in [0.5, 0.6) is 0 Å². The number of imidazole rings is 1. The van der Waals surface area contributed by atoms with Crippen LogP contribution in [0.1, 0.15) is 91.4 Å². The van der Waals surface area contributed by atoms with E-state index in [4.69, 9.17) is 0 Å². The van der Waals surface area contributed by atoms with E-state index in [1.54, 1.807) is 27.1 Å². The molecule has 4 aliphatic rings. The van der Waals surface area contributed by atoms with Crippen LogP contribution < -0.4 is 15.9 Å². The summed E-state index contributed by atoms with van der Waals surface area (Å²) in [6.07, 6.45) is 9.74. The van der Waals surface area contributed by atoms with Crippen molar-refractivity contribution < 1.29 is 23.9 Å². The first-order valence-corrected chi connectivity index (χ1v) is 24.2. The fourth-order valence-electron chi connectivity index (χ4n) is 11.1. The standard InChI is InChI=1S/C51H61FN10O5/c1-56-48-35(9-5-12-42(48)62(51(56)67)43-17-18-44(63)55-49(43)65)10-6-21-57-27-29-58(30-28-57)37-15-13-34(14-16-37)38-31-39(36-11-7-24-60(33-36)45(64)19-26-61-25-8-20-53-61)46(52)47-40(38)32-41(54-47)50(66)59-22-3-2-4-23-59/h5,8-9,12-16,20,25,31-32,36,43,49,54,65H,2-4,6-7,10-11,17-19,21-24,26-30,33H2,1H3,(H,55,63)/t36-,43?,49?/m0/s1. The van der Waals surface area contributed by atoms with Gasteiger partial charge in [-0.25, -0.2) is 9.18 Å². The van der Waals surface area contributed by atoms with Crippen molar-refractivity contribution in [2.75, 3.05) is 63.8 Å². The lowest BCUT2D eigenvalue weighted by Gasteiger charge is -2.36. The first-order chi connectivity index (χ1) is 32.6. The van der Waals surface area contributed by atoms with Crippen LogP contribution in [0.25, 0.3) is 33.1 Å². The Morgan fingerprint density at radius 3 is 2.43 bits per heavy atom. The van der Waals surface area contributed by atoms with Gasteiger partial charge in [-0.1, -0.05) is 24.3 Å². The molecule has 0 bridgehead atoms. The predicted octanol–water partition coefficient (Wildman–Crippen LogP) is 5.77. The number of carbonyl (C=O) groups is 3. The maximum atomic E-state index is 16.9. The molecule has 3 amide bonds. The molecule has 67 heavy (non-hydrogen) atoms. The van der Waals surface area contributed by atoms with E-state index in [0.29, 0.717) is 67.7 Å². The van der Waals surface area contributed by atoms with Gasteiger partial charge in [0.2, 0.25) is 11.8 Å². The van der Waals surface area contributed by atoms with Gasteiger partial charge in [-0.15, -0.1) is 0 Å². The predicted molar refractivity (Wildman–Crippen MR) is 255 cm³/mol. The number of fused-ring (bicyclic) bond motifs is 2. The number of para-hydroxylation sites is 1. The summed E-state index contributed by atoms with van der Waals surface area (Å²) in [5, 5.41) is 18.1. The van der Waals surface area contributed by atoms with Crippen molar-refractivity contribution in [1.82, 2.24) is 43.9 Å². The highest BCUT2D eigenvalue weighted by Gasteiger charge is 2.33. The summed E-state index contributed by atoms with van der Waals surface area (Å²) in [5.41, 5.74) is 6.78. The SMILES string of the molecule is Cn1c(=O)n(C2CCC(=O)NC2O)c2cccc(CCCN3CCN(c4ccc(-c5cc([C@H]6CCCN(C(=O)CCn7cccn7)C6)c(F)c6[nH]c(C(=O)N7CCCCC7)cc56)cc4)CC3)c21. The summed E-state index contributed by atoms with van der Waals surface area (Å²) >= 11 is 0. The third-order valence-corrected chi connectivity index (χ3v) is 14.8. The number of piperazine rings is 1. The number of amides is 3. The molecule has 16 heteroatoms. The molecule has 0 radical (unpaired) electrons. The van der Waals surface area contributed by atoms with E-state index >= 15 is 4.39 Å². The lowest BCUT2D eigenvalue weighted by Crippen LogP contribution is -2.47. The Bertz CT molecular complexity index is 2820. The Morgan fingerprint density at radius 2 is 1.67 bits per heavy atom. The van der Waals surface area contributed by atoms with Gasteiger partial charge in [0.15, 0.2) is 5.82 Å². The number of nitrogens with zero attached hydrogens (tertiary/aromatic N) is 8. The number of aliphatic hydroxyl groups excluding tert-OH is 1. The Morgan fingerprint density at radius 1 is 0.881 bits per heavy atom. The molecule has 4 aliphatic heterocycles. The number of piperidine rings is 3. The highest BCUT2D eigenvalue weighted by Crippen LogP contribution is 2.39. The maximum absolute atomic E-state index is 16.9. The molecule has 3 N–H and O–H groups in total.